The zero-order chi connectivity index (χ0) is 14.6. The Hall–Kier alpha value is -1.10. The van der Waals surface area contributed by atoms with Crippen LogP contribution in [-0.2, 0) is 9.59 Å². The van der Waals surface area contributed by atoms with Gasteiger partial charge in [-0.2, -0.15) is 0 Å². The quantitative estimate of drug-likeness (QED) is 0.760. The number of likely N-dealkylation sites (N-methyl/N-ethyl adjacent to an activating group) is 1. The largest absolute Gasteiger partial charge is 0.352 e. The van der Waals surface area contributed by atoms with Gasteiger partial charge in [-0.1, -0.05) is 13.3 Å². The Balaban J connectivity index is 1.92. The zero-order valence-corrected chi connectivity index (χ0v) is 12.7. The van der Waals surface area contributed by atoms with Gasteiger partial charge in [0, 0.05) is 13.1 Å². The first-order valence-corrected chi connectivity index (χ1v) is 7.83. The Morgan fingerprint density at radius 2 is 1.95 bits per heavy atom. The minimum atomic E-state index is -0.255. The molecule has 0 aromatic carbocycles. The highest BCUT2D eigenvalue weighted by Crippen LogP contribution is 2.35. The summed E-state index contributed by atoms with van der Waals surface area (Å²) in [6, 6.07) is 0.356. The average Bonchev–Trinajstić information content (AvgIpc) is 3.23. The summed E-state index contributed by atoms with van der Waals surface area (Å²) in [4.78, 5) is 26.2. The Kier molecular flexibility index (Phi) is 5.02. The first kappa shape index (κ1) is 15.3. The fourth-order valence-electron chi connectivity index (χ4n) is 3.15. The predicted octanol–water partition coefficient (Wildman–Crippen LogP) is 0.893. The van der Waals surface area contributed by atoms with Crippen molar-refractivity contribution in [3.8, 4) is 0 Å². The van der Waals surface area contributed by atoms with E-state index in [2.05, 4.69) is 17.6 Å². The first-order valence-electron chi connectivity index (χ1n) is 7.83. The molecule has 0 aromatic rings. The number of nitrogens with zero attached hydrogens (tertiary/aromatic N) is 1. The van der Waals surface area contributed by atoms with Crippen LogP contribution in [0.3, 0.4) is 0 Å². The van der Waals surface area contributed by atoms with Gasteiger partial charge in [-0.15, -0.1) is 0 Å². The normalized spacial score (nSPS) is 21.3. The summed E-state index contributed by atoms with van der Waals surface area (Å²) >= 11 is 0. The van der Waals surface area contributed by atoms with Crippen molar-refractivity contribution in [2.75, 3.05) is 26.7 Å². The van der Waals surface area contributed by atoms with E-state index < -0.39 is 0 Å². The molecule has 1 saturated heterocycles. The van der Waals surface area contributed by atoms with E-state index in [4.69, 9.17) is 0 Å². The third kappa shape index (κ3) is 3.72. The number of carbonyl (C=O) groups excluding carboxylic acids is 2. The van der Waals surface area contributed by atoms with E-state index in [1.54, 1.807) is 11.9 Å². The number of piperidine rings is 1. The van der Waals surface area contributed by atoms with Gasteiger partial charge in [0.1, 0.15) is 0 Å². The molecular weight excluding hydrogens is 254 g/mol. The Morgan fingerprint density at radius 1 is 1.30 bits per heavy atom. The minimum absolute atomic E-state index is 0.0241. The molecule has 1 saturated carbocycles. The molecule has 2 fully saturated rings. The van der Waals surface area contributed by atoms with E-state index in [1.807, 2.05) is 0 Å². The summed E-state index contributed by atoms with van der Waals surface area (Å²) in [6.07, 6.45) is 5.85. The molecule has 0 bridgehead atoms. The molecular formula is C15H27N3O2. The smallest absolute Gasteiger partial charge is 0.239 e. The first-order chi connectivity index (χ1) is 9.57. The number of hydrogen-bond acceptors (Lipinski definition) is 3. The fourth-order valence-corrected chi connectivity index (χ4v) is 3.15. The lowest BCUT2D eigenvalue weighted by molar-refractivity contribution is -0.145. The number of carbonyl (C=O) groups is 2. The second-order valence-electron chi connectivity index (χ2n) is 6.28. The van der Waals surface area contributed by atoms with Gasteiger partial charge >= 0.3 is 0 Å². The SMILES string of the molecule is CCCC1(C(=O)N(C)CC(=O)NC2CC2)CCNCC1. The van der Waals surface area contributed by atoms with Gasteiger partial charge < -0.3 is 15.5 Å². The molecule has 1 aliphatic heterocycles. The van der Waals surface area contributed by atoms with Gasteiger partial charge in [-0.05, 0) is 45.2 Å². The Labute approximate surface area is 121 Å². The summed E-state index contributed by atoms with van der Waals surface area (Å²) in [5.41, 5.74) is -0.255. The van der Waals surface area contributed by atoms with Crippen molar-refractivity contribution in [2.45, 2.75) is 51.5 Å². The molecule has 2 N–H and O–H groups in total. The molecule has 0 aromatic heterocycles. The summed E-state index contributed by atoms with van der Waals surface area (Å²) < 4.78 is 0. The number of hydrogen-bond donors (Lipinski definition) is 2. The van der Waals surface area contributed by atoms with Gasteiger partial charge in [0.15, 0.2) is 0 Å². The van der Waals surface area contributed by atoms with Crippen molar-refractivity contribution in [1.82, 2.24) is 15.5 Å². The van der Waals surface area contributed by atoms with Gasteiger partial charge in [0.25, 0.3) is 0 Å². The lowest BCUT2D eigenvalue weighted by Gasteiger charge is -2.38. The minimum Gasteiger partial charge on any atom is -0.352 e. The van der Waals surface area contributed by atoms with Crippen molar-refractivity contribution in [1.29, 1.82) is 0 Å². The second kappa shape index (κ2) is 6.57. The van der Waals surface area contributed by atoms with Crippen molar-refractivity contribution < 1.29 is 9.59 Å². The molecule has 5 heteroatoms. The zero-order valence-electron chi connectivity index (χ0n) is 12.7. The van der Waals surface area contributed by atoms with E-state index in [0.717, 1.165) is 51.6 Å². The van der Waals surface area contributed by atoms with Crippen LogP contribution in [0.1, 0.15) is 45.4 Å². The third-order valence-corrected chi connectivity index (χ3v) is 4.41. The molecule has 1 aliphatic carbocycles. The summed E-state index contributed by atoms with van der Waals surface area (Å²) in [5, 5.41) is 6.26. The van der Waals surface area contributed by atoms with Crippen LogP contribution in [0.4, 0.5) is 0 Å². The van der Waals surface area contributed by atoms with Crippen molar-refractivity contribution in [2.24, 2.45) is 5.41 Å². The van der Waals surface area contributed by atoms with Crippen molar-refractivity contribution >= 4 is 11.8 Å². The highest BCUT2D eigenvalue weighted by Gasteiger charge is 2.40. The van der Waals surface area contributed by atoms with Crippen LogP contribution in [0, 0.1) is 5.41 Å². The van der Waals surface area contributed by atoms with E-state index in [-0.39, 0.29) is 23.8 Å². The standard InChI is InChI=1S/C15H27N3O2/c1-3-6-15(7-9-16-10-8-15)14(20)18(2)11-13(19)17-12-4-5-12/h12,16H,3-11H2,1-2H3,(H,17,19). The Morgan fingerprint density at radius 3 is 2.50 bits per heavy atom. The van der Waals surface area contributed by atoms with Crippen LogP contribution in [0.15, 0.2) is 0 Å². The second-order valence-corrected chi connectivity index (χ2v) is 6.28. The molecule has 5 nitrogen and oxygen atoms in total. The van der Waals surface area contributed by atoms with Crippen LogP contribution in [0.5, 0.6) is 0 Å². The van der Waals surface area contributed by atoms with Crippen LogP contribution < -0.4 is 10.6 Å². The van der Waals surface area contributed by atoms with Crippen LogP contribution >= 0.6 is 0 Å². The molecule has 1 heterocycles. The number of amides is 2. The van der Waals surface area contributed by atoms with E-state index in [1.165, 1.54) is 0 Å². The monoisotopic (exact) mass is 281 g/mol. The summed E-state index contributed by atoms with van der Waals surface area (Å²) in [7, 11) is 1.76. The molecule has 114 valence electrons. The maximum absolute atomic E-state index is 12.8. The lowest BCUT2D eigenvalue weighted by atomic mass is 9.74. The molecule has 2 aliphatic rings. The van der Waals surface area contributed by atoms with E-state index in [9.17, 15) is 9.59 Å². The van der Waals surface area contributed by atoms with Crippen molar-refractivity contribution in [3.05, 3.63) is 0 Å². The van der Waals surface area contributed by atoms with E-state index >= 15 is 0 Å². The van der Waals surface area contributed by atoms with Gasteiger partial charge in [0.05, 0.1) is 12.0 Å². The molecule has 20 heavy (non-hydrogen) atoms. The topological polar surface area (TPSA) is 61.4 Å². The molecule has 2 amide bonds. The highest BCUT2D eigenvalue weighted by molar-refractivity contribution is 5.88. The molecule has 0 unspecified atom stereocenters. The van der Waals surface area contributed by atoms with Gasteiger partial charge in [-0.3, -0.25) is 9.59 Å². The molecule has 0 atom stereocenters. The highest BCUT2D eigenvalue weighted by atomic mass is 16.2. The maximum atomic E-state index is 12.8. The van der Waals surface area contributed by atoms with Gasteiger partial charge in [-0.25, -0.2) is 0 Å². The summed E-state index contributed by atoms with van der Waals surface area (Å²) in [6.45, 7) is 4.10. The van der Waals surface area contributed by atoms with Crippen LogP contribution in [0.25, 0.3) is 0 Å². The summed E-state index contributed by atoms with van der Waals surface area (Å²) in [5.74, 6) is 0.121. The number of nitrogens with one attached hydrogen (secondary N) is 2. The number of rotatable bonds is 6. The van der Waals surface area contributed by atoms with Crippen LogP contribution in [-0.4, -0.2) is 49.4 Å². The fraction of sp³-hybridized carbons (Fsp3) is 0.867. The van der Waals surface area contributed by atoms with Crippen LogP contribution in [0.2, 0.25) is 0 Å². The van der Waals surface area contributed by atoms with Crippen molar-refractivity contribution in [3.63, 3.8) is 0 Å². The lowest BCUT2D eigenvalue weighted by Crippen LogP contribution is -2.50. The molecule has 2 rings (SSSR count). The maximum Gasteiger partial charge on any atom is 0.239 e. The molecule has 0 radical (unpaired) electrons. The molecule has 0 spiro atoms. The third-order valence-electron chi connectivity index (χ3n) is 4.41. The predicted molar refractivity (Wildman–Crippen MR) is 78.2 cm³/mol. The Bertz CT molecular complexity index is 355. The van der Waals surface area contributed by atoms with Gasteiger partial charge in [0.2, 0.25) is 11.8 Å². The van der Waals surface area contributed by atoms with E-state index in [0.29, 0.717) is 6.04 Å². The average molecular weight is 281 g/mol.